The molecular weight excluding hydrogens is 255 g/mol. The number of hydrogen-bond acceptors (Lipinski definition) is 2. The number of aliphatic hydroxyl groups excluding tert-OH is 1. The fraction of sp³-hybridized carbons (Fsp3) is 0.455. The molecule has 1 atom stereocenters. The first kappa shape index (κ1) is 16.2. The van der Waals surface area contributed by atoms with E-state index in [0.717, 1.165) is 6.07 Å². The quantitative estimate of drug-likeness (QED) is 0.883. The van der Waals surface area contributed by atoms with Crippen molar-refractivity contribution in [3.8, 4) is 0 Å². The SMILES string of the molecule is Cl.N[C@H](CCCO)c1ccccc1C(F)(F)F. The highest BCUT2D eigenvalue weighted by Gasteiger charge is 2.34. The first-order valence-corrected chi connectivity index (χ1v) is 4.99. The van der Waals surface area contributed by atoms with Crippen molar-refractivity contribution in [3.63, 3.8) is 0 Å². The first-order chi connectivity index (χ1) is 7.46. The summed E-state index contributed by atoms with van der Waals surface area (Å²) in [6.07, 6.45) is -3.65. The summed E-state index contributed by atoms with van der Waals surface area (Å²) >= 11 is 0. The van der Waals surface area contributed by atoms with Crippen molar-refractivity contribution >= 4 is 12.4 Å². The summed E-state index contributed by atoms with van der Waals surface area (Å²) in [5, 5.41) is 8.61. The Morgan fingerprint density at radius 1 is 1.24 bits per heavy atom. The number of nitrogens with two attached hydrogens (primary N) is 1. The molecule has 0 saturated carbocycles. The second-order valence-corrected chi connectivity index (χ2v) is 3.56. The maximum atomic E-state index is 12.6. The van der Waals surface area contributed by atoms with Crippen molar-refractivity contribution < 1.29 is 18.3 Å². The van der Waals surface area contributed by atoms with E-state index in [2.05, 4.69) is 0 Å². The van der Waals surface area contributed by atoms with Gasteiger partial charge in [0, 0.05) is 12.6 Å². The Labute approximate surface area is 104 Å². The summed E-state index contributed by atoms with van der Waals surface area (Å²) < 4.78 is 37.9. The molecule has 0 aliphatic carbocycles. The highest BCUT2D eigenvalue weighted by Crippen LogP contribution is 2.34. The molecule has 0 aliphatic rings. The van der Waals surface area contributed by atoms with Crippen LogP contribution in [-0.4, -0.2) is 11.7 Å². The molecule has 1 aromatic carbocycles. The number of benzene rings is 1. The molecule has 0 spiro atoms. The predicted octanol–water partition coefficient (Wildman–Crippen LogP) is 2.90. The Bertz CT molecular complexity index is 344. The van der Waals surface area contributed by atoms with Gasteiger partial charge in [0.05, 0.1) is 5.56 Å². The average molecular weight is 270 g/mol. The molecule has 0 bridgehead atoms. The average Bonchev–Trinajstić information content (AvgIpc) is 2.24. The minimum Gasteiger partial charge on any atom is -0.396 e. The highest BCUT2D eigenvalue weighted by molar-refractivity contribution is 5.85. The van der Waals surface area contributed by atoms with E-state index < -0.39 is 17.8 Å². The van der Waals surface area contributed by atoms with Gasteiger partial charge in [-0.05, 0) is 24.5 Å². The monoisotopic (exact) mass is 269 g/mol. The van der Waals surface area contributed by atoms with Crippen molar-refractivity contribution in [2.75, 3.05) is 6.61 Å². The van der Waals surface area contributed by atoms with Gasteiger partial charge in [-0.2, -0.15) is 13.2 Å². The topological polar surface area (TPSA) is 46.2 Å². The van der Waals surface area contributed by atoms with E-state index >= 15 is 0 Å². The lowest BCUT2D eigenvalue weighted by molar-refractivity contribution is -0.138. The Morgan fingerprint density at radius 3 is 2.35 bits per heavy atom. The molecule has 0 amide bonds. The summed E-state index contributed by atoms with van der Waals surface area (Å²) in [4.78, 5) is 0. The third-order valence-electron chi connectivity index (χ3n) is 2.34. The maximum Gasteiger partial charge on any atom is 0.416 e. The van der Waals surface area contributed by atoms with Crippen LogP contribution in [0.5, 0.6) is 0 Å². The second-order valence-electron chi connectivity index (χ2n) is 3.56. The minimum atomic E-state index is -4.38. The molecule has 0 unspecified atom stereocenters. The molecule has 1 rings (SSSR count). The van der Waals surface area contributed by atoms with Crippen LogP contribution in [0.2, 0.25) is 0 Å². The van der Waals surface area contributed by atoms with Crippen LogP contribution in [0.4, 0.5) is 13.2 Å². The van der Waals surface area contributed by atoms with Gasteiger partial charge in [-0.25, -0.2) is 0 Å². The fourth-order valence-corrected chi connectivity index (χ4v) is 1.55. The van der Waals surface area contributed by atoms with E-state index in [9.17, 15) is 13.2 Å². The molecule has 0 fully saturated rings. The molecule has 0 saturated heterocycles. The van der Waals surface area contributed by atoms with Gasteiger partial charge in [0.2, 0.25) is 0 Å². The largest absolute Gasteiger partial charge is 0.416 e. The van der Waals surface area contributed by atoms with E-state index in [4.69, 9.17) is 10.8 Å². The highest BCUT2D eigenvalue weighted by atomic mass is 35.5. The van der Waals surface area contributed by atoms with E-state index in [1.165, 1.54) is 18.2 Å². The Hall–Kier alpha value is -0.780. The maximum absolute atomic E-state index is 12.6. The third kappa shape index (κ3) is 4.53. The van der Waals surface area contributed by atoms with Crippen LogP contribution in [-0.2, 0) is 6.18 Å². The number of aliphatic hydroxyl groups is 1. The second kappa shape index (κ2) is 6.83. The lowest BCUT2D eigenvalue weighted by Gasteiger charge is -2.17. The van der Waals surface area contributed by atoms with Gasteiger partial charge in [-0.1, -0.05) is 18.2 Å². The van der Waals surface area contributed by atoms with Crippen molar-refractivity contribution in [1.29, 1.82) is 0 Å². The lowest BCUT2D eigenvalue weighted by atomic mass is 9.97. The molecule has 17 heavy (non-hydrogen) atoms. The molecule has 2 nitrogen and oxygen atoms in total. The van der Waals surface area contributed by atoms with Gasteiger partial charge in [0.15, 0.2) is 0 Å². The zero-order chi connectivity index (χ0) is 12.2. The zero-order valence-electron chi connectivity index (χ0n) is 9.07. The number of rotatable bonds is 4. The standard InChI is InChI=1S/C11H14F3NO.ClH/c12-11(13,14)9-5-2-1-4-8(9)10(15)6-3-7-16;/h1-2,4-5,10,16H,3,6-7,15H2;1H/t10-;/m1./s1. The molecular formula is C11H15ClF3NO. The first-order valence-electron chi connectivity index (χ1n) is 4.99. The molecule has 6 heteroatoms. The van der Waals surface area contributed by atoms with E-state index in [0.29, 0.717) is 12.8 Å². The number of alkyl halides is 3. The molecule has 0 aliphatic heterocycles. The Balaban J connectivity index is 0.00000256. The molecule has 1 aromatic rings. The summed E-state index contributed by atoms with van der Waals surface area (Å²) in [5.41, 5.74) is 5.06. The van der Waals surface area contributed by atoms with Crippen LogP contribution in [0.25, 0.3) is 0 Å². The van der Waals surface area contributed by atoms with Crippen LogP contribution in [0, 0.1) is 0 Å². The number of hydrogen-bond donors (Lipinski definition) is 2. The van der Waals surface area contributed by atoms with Crippen molar-refractivity contribution in [2.24, 2.45) is 5.73 Å². The molecule has 0 radical (unpaired) electrons. The molecule has 98 valence electrons. The predicted molar refractivity (Wildman–Crippen MR) is 61.9 cm³/mol. The van der Waals surface area contributed by atoms with Crippen molar-refractivity contribution in [1.82, 2.24) is 0 Å². The lowest BCUT2D eigenvalue weighted by Crippen LogP contribution is -2.17. The van der Waals surface area contributed by atoms with E-state index in [1.807, 2.05) is 0 Å². The van der Waals surface area contributed by atoms with Gasteiger partial charge in [-0.3, -0.25) is 0 Å². The van der Waals surface area contributed by atoms with Gasteiger partial charge >= 0.3 is 6.18 Å². The molecule has 0 heterocycles. The van der Waals surface area contributed by atoms with Crippen LogP contribution in [0.15, 0.2) is 24.3 Å². The van der Waals surface area contributed by atoms with Crippen LogP contribution < -0.4 is 5.73 Å². The minimum absolute atomic E-state index is 0. The summed E-state index contributed by atoms with van der Waals surface area (Å²) in [7, 11) is 0. The molecule has 3 N–H and O–H groups in total. The summed E-state index contributed by atoms with van der Waals surface area (Å²) in [6, 6.07) is 4.58. The van der Waals surface area contributed by atoms with Gasteiger partial charge in [-0.15, -0.1) is 12.4 Å². The number of halogens is 4. The van der Waals surface area contributed by atoms with Gasteiger partial charge in [0.25, 0.3) is 0 Å². The third-order valence-corrected chi connectivity index (χ3v) is 2.34. The molecule has 0 aromatic heterocycles. The van der Waals surface area contributed by atoms with Crippen LogP contribution in [0.3, 0.4) is 0 Å². The van der Waals surface area contributed by atoms with Gasteiger partial charge < -0.3 is 10.8 Å². The van der Waals surface area contributed by atoms with Gasteiger partial charge in [0.1, 0.15) is 0 Å². The smallest absolute Gasteiger partial charge is 0.396 e. The van der Waals surface area contributed by atoms with Crippen LogP contribution >= 0.6 is 12.4 Å². The normalized spacial score (nSPS) is 13.0. The summed E-state index contributed by atoms with van der Waals surface area (Å²) in [6.45, 7) is -0.0676. The Kier molecular flexibility index (Phi) is 6.52. The Morgan fingerprint density at radius 2 is 1.82 bits per heavy atom. The zero-order valence-corrected chi connectivity index (χ0v) is 9.89. The van der Waals surface area contributed by atoms with E-state index in [1.54, 1.807) is 0 Å². The van der Waals surface area contributed by atoms with Crippen molar-refractivity contribution in [2.45, 2.75) is 25.1 Å². The van der Waals surface area contributed by atoms with Crippen molar-refractivity contribution in [3.05, 3.63) is 35.4 Å². The van der Waals surface area contributed by atoms with E-state index in [-0.39, 0.29) is 24.6 Å². The fourth-order valence-electron chi connectivity index (χ4n) is 1.55. The summed E-state index contributed by atoms with van der Waals surface area (Å²) in [5.74, 6) is 0. The van der Waals surface area contributed by atoms with Crippen LogP contribution in [0.1, 0.15) is 30.0 Å².